The van der Waals surface area contributed by atoms with Crippen LogP contribution >= 0.6 is 0 Å². The summed E-state index contributed by atoms with van der Waals surface area (Å²) in [6.45, 7) is 8.51. The summed E-state index contributed by atoms with van der Waals surface area (Å²) < 4.78 is 0. The second-order valence-corrected chi connectivity index (χ2v) is 4.11. The first-order chi connectivity index (χ1) is 4.87. The first-order valence-electron chi connectivity index (χ1n) is 4.27. The monoisotopic (exact) mass is 159 g/mol. The van der Waals surface area contributed by atoms with Crippen LogP contribution in [0.25, 0.3) is 0 Å². The Bertz CT molecular complexity index is 117. The maximum absolute atomic E-state index is 8.84. The highest BCUT2D eigenvalue weighted by Gasteiger charge is 2.35. The number of aliphatic hydroxyl groups is 1. The molecule has 0 bridgehead atoms. The molecule has 3 N–H and O–H groups in total. The molecular weight excluding hydrogens is 138 g/mol. The smallest absolute Gasteiger partial charge is 0.0436 e. The van der Waals surface area contributed by atoms with E-state index in [2.05, 4.69) is 13.8 Å². The minimum Gasteiger partial charge on any atom is -0.396 e. The van der Waals surface area contributed by atoms with E-state index in [1.807, 2.05) is 13.8 Å². The predicted molar refractivity (Wildman–Crippen MR) is 48.4 cm³/mol. The number of hydrogen-bond acceptors (Lipinski definition) is 2. The van der Waals surface area contributed by atoms with Gasteiger partial charge in [-0.15, -0.1) is 0 Å². The third-order valence-corrected chi connectivity index (χ3v) is 3.00. The third kappa shape index (κ3) is 2.46. The molecule has 0 aliphatic heterocycles. The third-order valence-electron chi connectivity index (χ3n) is 3.00. The minimum atomic E-state index is -0.204. The Labute approximate surface area is 69.8 Å². The molecule has 0 aromatic rings. The van der Waals surface area contributed by atoms with Crippen molar-refractivity contribution in [3.8, 4) is 0 Å². The van der Waals surface area contributed by atoms with Gasteiger partial charge in [-0.1, -0.05) is 13.8 Å². The molecule has 0 spiro atoms. The van der Waals surface area contributed by atoms with Gasteiger partial charge >= 0.3 is 0 Å². The van der Waals surface area contributed by atoms with E-state index in [-0.39, 0.29) is 17.6 Å². The molecule has 0 aromatic heterocycles. The Kier molecular flexibility index (Phi) is 3.52. The molecule has 0 fully saturated rings. The van der Waals surface area contributed by atoms with Crippen LogP contribution in [0.5, 0.6) is 0 Å². The van der Waals surface area contributed by atoms with Gasteiger partial charge in [0.15, 0.2) is 0 Å². The van der Waals surface area contributed by atoms with Crippen LogP contribution < -0.4 is 5.73 Å². The fourth-order valence-electron chi connectivity index (χ4n) is 1.20. The summed E-state index contributed by atoms with van der Waals surface area (Å²) in [5, 5.41) is 8.84. The first kappa shape index (κ1) is 10.9. The molecule has 0 aliphatic rings. The van der Waals surface area contributed by atoms with Crippen molar-refractivity contribution in [3.63, 3.8) is 0 Å². The van der Waals surface area contributed by atoms with E-state index in [0.717, 1.165) is 12.8 Å². The van der Waals surface area contributed by atoms with Gasteiger partial charge in [0.1, 0.15) is 0 Å². The number of rotatable bonds is 4. The molecule has 11 heavy (non-hydrogen) atoms. The highest BCUT2D eigenvalue weighted by molar-refractivity contribution is 4.92. The Morgan fingerprint density at radius 1 is 1.27 bits per heavy atom. The summed E-state index contributed by atoms with van der Waals surface area (Å²) in [5.41, 5.74) is 5.85. The highest BCUT2D eigenvalue weighted by Crippen LogP contribution is 2.35. The molecule has 2 nitrogen and oxygen atoms in total. The summed E-state index contributed by atoms with van der Waals surface area (Å²) in [4.78, 5) is 0. The Hall–Kier alpha value is -0.0800. The molecule has 2 heteroatoms. The standard InChI is InChI=1S/C9H21NO/c1-5-9(4,6-7-11)8(2,3)10/h11H,5-7,10H2,1-4H3. The van der Waals surface area contributed by atoms with Crippen LogP contribution in [-0.4, -0.2) is 17.3 Å². The van der Waals surface area contributed by atoms with E-state index in [9.17, 15) is 0 Å². The molecule has 0 amide bonds. The van der Waals surface area contributed by atoms with Gasteiger partial charge in [-0.3, -0.25) is 0 Å². The lowest BCUT2D eigenvalue weighted by Crippen LogP contribution is -2.49. The second kappa shape index (κ2) is 3.55. The van der Waals surface area contributed by atoms with Crippen LogP contribution in [0.15, 0.2) is 0 Å². The summed E-state index contributed by atoms with van der Waals surface area (Å²) in [6.07, 6.45) is 1.80. The maximum atomic E-state index is 8.84. The van der Waals surface area contributed by atoms with Crippen molar-refractivity contribution in [2.75, 3.05) is 6.61 Å². The quantitative estimate of drug-likeness (QED) is 0.653. The van der Waals surface area contributed by atoms with E-state index in [1.54, 1.807) is 0 Å². The van der Waals surface area contributed by atoms with Gasteiger partial charge < -0.3 is 10.8 Å². The molecule has 0 radical (unpaired) electrons. The Balaban J connectivity index is 4.33. The molecule has 0 aliphatic carbocycles. The lowest BCUT2D eigenvalue weighted by Gasteiger charge is -2.40. The molecule has 1 unspecified atom stereocenters. The van der Waals surface area contributed by atoms with E-state index in [1.165, 1.54) is 0 Å². The van der Waals surface area contributed by atoms with E-state index in [0.29, 0.717) is 0 Å². The van der Waals surface area contributed by atoms with Gasteiger partial charge in [-0.25, -0.2) is 0 Å². The molecule has 0 heterocycles. The van der Waals surface area contributed by atoms with E-state index < -0.39 is 0 Å². The van der Waals surface area contributed by atoms with Crippen molar-refractivity contribution in [1.82, 2.24) is 0 Å². The first-order valence-corrected chi connectivity index (χ1v) is 4.27. The number of aliphatic hydroxyl groups excluding tert-OH is 1. The average Bonchev–Trinajstić information content (AvgIpc) is 1.86. The summed E-state index contributed by atoms with van der Waals surface area (Å²) in [5.74, 6) is 0. The van der Waals surface area contributed by atoms with Crippen molar-refractivity contribution in [2.24, 2.45) is 11.1 Å². The molecule has 0 rings (SSSR count). The van der Waals surface area contributed by atoms with Gasteiger partial charge in [-0.05, 0) is 32.1 Å². The molecule has 68 valence electrons. The predicted octanol–water partition coefficient (Wildman–Crippen LogP) is 1.52. The molecule has 1 atom stereocenters. The zero-order valence-electron chi connectivity index (χ0n) is 8.15. The van der Waals surface area contributed by atoms with Crippen molar-refractivity contribution in [2.45, 2.75) is 46.1 Å². The normalized spacial score (nSPS) is 18.0. The average molecular weight is 159 g/mol. The number of nitrogens with two attached hydrogens (primary N) is 1. The lowest BCUT2D eigenvalue weighted by molar-refractivity contribution is 0.115. The van der Waals surface area contributed by atoms with Crippen molar-refractivity contribution in [1.29, 1.82) is 0 Å². The summed E-state index contributed by atoms with van der Waals surface area (Å²) >= 11 is 0. The largest absolute Gasteiger partial charge is 0.396 e. The van der Waals surface area contributed by atoms with Crippen molar-refractivity contribution < 1.29 is 5.11 Å². The Morgan fingerprint density at radius 2 is 1.73 bits per heavy atom. The van der Waals surface area contributed by atoms with E-state index in [4.69, 9.17) is 10.8 Å². The maximum Gasteiger partial charge on any atom is 0.0436 e. The van der Waals surface area contributed by atoms with Crippen LogP contribution in [0, 0.1) is 5.41 Å². The molecular formula is C9H21NO. The molecule has 0 aromatic carbocycles. The second-order valence-electron chi connectivity index (χ2n) is 4.11. The zero-order chi connectivity index (χ0) is 9.12. The van der Waals surface area contributed by atoms with Gasteiger partial charge in [-0.2, -0.15) is 0 Å². The van der Waals surface area contributed by atoms with Gasteiger partial charge in [0.05, 0.1) is 0 Å². The highest BCUT2D eigenvalue weighted by atomic mass is 16.3. The van der Waals surface area contributed by atoms with Gasteiger partial charge in [0.25, 0.3) is 0 Å². The summed E-state index contributed by atoms with van der Waals surface area (Å²) in [7, 11) is 0. The zero-order valence-corrected chi connectivity index (χ0v) is 8.15. The fourth-order valence-corrected chi connectivity index (χ4v) is 1.20. The van der Waals surface area contributed by atoms with Crippen LogP contribution in [0.3, 0.4) is 0 Å². The minimum absolute atomic E-state index is 0.0573. The molecule has 0 saturated heterocycles. The van der Waals surface area contributed by atoms with Crippen LogP contribution in [0.2, 0.25) is 0 Å². The van der Waals surface area contributed by atoms with Crippen molar-refractivity contribution in [3.05, 3.63) is 0 Å². The van der Waals surface area contributed by atoms with Gasteiger partial charge in [0.2, 0.25) is 0 Å². The summed E-state index contributed by atoms with van der Waals surface area (Å²) in [6, 6.07) is 0. The van der Waals surface area contributed by atoms with Gasteiger partial charge in [0, 0.05) is 12.1 Å². The fraction of sp³-hybridized carbons (Fsp3) is 1.00. The van der Waals surface area contributed by atoms with Crippen LogP contribution in [0.1, 0.15) is 40.5 Å². The number of hydrogen-bond donors (Lipinski definition) is 2. The molecule has 0 saturated carbocycles. The SMILES string of the molecule is CCC(C)(CCO)C(C)(C)N. The lowest BCUT2D eigenvalue weighted by atomic mass is 9.69. The van der Waals surface area contributed by atoms with Crippen LogP contribution in [0.4, 0.5) is 0 Å². The Morgan fingerprint density at radius 3 is 1.82 bits per heavy atom. The van der Waals surface area contributed by atoms with E-state index >= 15 is 0 Å². The topological polar surface area (TPSA) is 46.2 Å². The van der Waals surface area contributed by atoms with Crippen molar-refractivity contribution >= 4 is 0 Å². The van der Waals surface area contributed by atoms with Crippen LogP contribution in [-0.2, 0) is 0 Å².